The summed E-state index contributed by atoms with van der Waals surface area (Å²) in [5, 5.41) is 17.5. The summed E-state index contributed by atoms with van der Waals surface area (Å²) in [7, 11) is 0. The lowest BCUT2D eigenvalue weighted by atomic mass is 10.2. The molecule has 0 radical (unpaired) electrons. The lowest BCUT2D eigenvalue weighted by molar-refractivity contribution is 0.178. The zero-order chi connectivity index (χ0) is 8.10. The van der Waals surface area contributed by atoms with E-state index in [9.17, 15) is 5.11 Å². The number of nitriles is 1. The smallest absolute Gasteiger partial charge is 0.109 e. The van der Waals surface area contributed by atoms with Gasteiger partial charge in [0.2, 0.25) is 0 Å². The molecule has 0 saturated carbocycles. The molecular weight excluding hydrogens is 140 g/mol. The number of aliphatic hydroxyl groups is 1. The molecule has 56 valence electrons. The third kappa shape index (κ3) is 2.03. The fraction of sp³-hybridized carbons (Fsp3) is 0.250. The van der Waals surface area contributed by atoms with Crippen molar-refractivity contribution in [3.05, 3.63) is 30.1 Å². The van der Waals surface area contributed by atoms with Crippen LogP contribution < -0.4 is 0 Å². The summed E-state index contributed by atoms with van der Waals surface area (Å²) < 4.78 is 0. The Hall–Kier alpha value is -1.40. The van der Waals surface area contributed by atoms with Crippen LogP contribution >= 0.6 is 0 Å². The number of nitrogens with zero attached hydrogens (tertiary/aromatic N) is 2. The Morgan fingerprint density at radius 1 is 1.64 bits per heavy atom. The SMILES string of the molecule is N#CCC(O)c1ccccn1. The maximum absolute atomic E-state index is 9.24. The average molecular weight is 148 g/mol. The van der Waals surface area contributed by atoms with Crippen LogP contribution in [-0.2, 0) is 0 Å². The molecule has 1 aromatic rings. The molecule has 0 fully saturated rings. The molecule has 0 amide bonds. The van der Waals surface area contributed by atoms with E-state index in [1.54, 1.807) is 24.4 Å². The normalized spacial score (nSPS) is 12.0. The van der Waals surface area contributed by atoms with E-state index < -0.39 is 6.10 Å². The van der Waals surface area contributed by atoms with Gasteiger partial charge in [0.25, 0.3) is 0 Å². The van der Waals surface area contributed by atoms with Crippen LogP contribution in [0, 0.1) is 11.3 Å². The first-order valence-electron chi connectivity index (χ1n) is 3.30. The third-order valence-electron chi connectivity index (χ3n) is 1.31. The Kier molecular flexibility index (Phi) is 2.59. The number of aliphatic hydroxyl groups excluding tert-OH is 1. The second-order valence-corrected chi connectivity index (χ2v) is 2.13. The summed E-state index contributed by atoms with van der Waals surface area (Å²) in [5.41, 5.74) is 0.550. The molecular formula is C8H8N2O. The highest BCUT2D eigenvalue weighted by atomic mass is 16.3. The van der Waals surface area contributed by atoms with E-state index in [1.807, 2.05) is 6.07 Å². The summed E-state index contributed by atoms with van der Waals surface area (Å²) in [4.78, 5) is 3.90. The quantitative estimate of drug-likeness (QED) is 0.681. The molecule has 0 aliphatic carbocycles. The molecule has 0 aliphatic heterocycles. The van der Waals surface area contributed by atoms with Gasteiger partial charge in [0.15, 0.2) is 0 Å². The first kappa shape index (κ1) is 7.70. The Labute approximate surface area is 64.9 Å². The fourth-order valence-electron chi connectivity index (χ4n) is 0.764. The number of hydrogen-bond acceptors (Lipinski definition) is 3. The predicted molar refractivity (Wildman–Crippen MR) is 39.4 cm³/mol. The van der Waals surface area contributed by atoms with Crippen molar-refractivity contribution in [1.29, 1.82) is 5.26 Å². The largest absolute Gasteiger partial charge is 0.386 e. The van der Waals surface area contributed by atoms with E-state index in [0.717, 1.165) is 0 Å². The van der Waals surface area contributed by atoms with Gasteiger partial charge in [-0.1, -0.05) is 6.07 Å². The second kappa shape index (κ2) is 3.69. The molecule has 3 nitrogen and oxygen atoms in total. The zero-order valence-corrected chi connectivity index (χ0v) is 5.94. The Morgan fingerprint density at radius 2 is 2.45 bits per heavy atom. The van der Waals surface area contributed by atoms with Crippen molar-refractivity contribution < 1.29 is 5.11 Å². The van der Waals surface area contributed by atoms with E-state index in [2.05, 4.69) is 4.98 Å². The van der Waals surface area contributed by atoms with Gasteiger partial charge >= 0.3 is 0 Å². The summed E-state index contributed by atoms with van der Waals surface area (Å²) >= 11 is 0. The van der Waals surface area contributed by atoms with Gasteiger partial charge in [-0.05, 0) is 12.1 Å². The van der Waals surface area contributed by atoms with Gasteiger partial charge in [-0.2, -0.15) is 5.26 Å². The van der Waals surface area contributed by atoms with Crippen LogP contribution in [0.25, 0.3) is 0 Å². The first-order chi connectivity index (χ1) is 5.34. The number of hydrogen-bond donors (Lipinski definition) is 1. The van der Waals surface area contributed by atoms with Crippen LogP contribution in [0.3, 0.4) is 0 Å². The van der Waals surface area contributed by atoms with Gasteiger partial charge in [0, 0.05) is 6.20 Å². The van der Waals surface area contributed by atoms with Crippen molar-refractivity contribution in [3.8, 4) is 6.07 Å². The molecule has 1 unspecified atom stereocenters. The van der Waals surface area contributed by atoms with Gasteiger partial charge in [0.1, 0.15) is 6.10 Å². The Bertz CT molecular complexity index is 253. The highest BCUT2D eigenvalue weighted by molar-refractivity contribution is 5.07. The highest BCUT2D eigenvalue weighted by Crippen LogP contribution is 2.11. The molecule has 1 aromatic heterocycles. The number of aromatic nitrogens is 1. The van der Waals surface area contributed by atoms with Gasteiger partial charge in [-0.3, -0.25) is 4.98 Å². The maximum Gasteiger partial charge on any atom is 0.109 e. The molecule has 0 bridgehead atoms. The molecule has 0 aromatic carbocycles. The van der Waals surface area contributed by atoms with Crippen LogP contribution in [0.5, 0.6) is 0 Å². The molecule has 1 atom stereocenters. The lowest BCUT2D eigenvalue weighted by Gasteiger charge is -2.03. The minimum Gasteiger partial charge on any atom is -0.386 e. The van der Waals surface area contributed by atoms with Crippen molar-refractivity contribution in [2.45, 2.75) is 12.5 Å². The Balaban J connectivity index is 2.70. The van der Waals surface area contributed by atoms with E-state index in [-0.39, 0.29) is 6.42 Å². The molecule has 0 aliphatic rings. The molecule has 1 N–H and O–H groups in total. The van der Waals surface area contributed by atoms with Crippen LogP contribution in [0.2, 0.25) is 0 Å². The molecule has 11 heavy (non-hydrogen) atoms. The van der Waals surface area contributed by atoms with Crippen LogP contribution in [0.1, 0.15) is 18.2 Å². The number of pyridine rings is 1. The summed E-state index contributed by atoms with van der Waals surface area (Å²) in [6.07, 6.45) is 0.939. The lowest BCUT2D eigenvalue weighted by Crippen LogP contribution is -1.97. The standard InChI is InChI=1S/C8H8N2O/c9-5-4-8(11)7-3-1-2-6-10-7/h1-3,6,8,11H,4H2. The van der Waals surface area contributed by atoms with Crippen molar-refractivity contribution in [2.75, 3.05) is 0 Å². The summed E-state index contributed by atoms with van der Waals surface area (Å²) in [6.45, 7) is 0. The molecule has 0 spiro atoms. The number of rotatable bonds is 2. The minimum absolute atomic E-state index is 0.0943. The van der Waals surface area contributed by atoms with Crippen molar-refractivity contribution >= 4 is 0 Å². The molecule has 0 saturated heterocycles. The third-order valence-corrected chi connectivity index (χ3v) is 1.31. The van der Waals surface area contributed by atoms with E-state index >= 15 is 0 Å². The van der Waals surface area contributed by atoms with E-state index in [0.29, 0.717) is 5.69 Å². The van der Waals surface area contributed by atoms with Gasteiger partial charge in [0.05, 0.1) is 18.2 Å². The van der Waals surface area contributed by atoms with Gasteiger partial charge in [-0.15, -0.1) is 0 Å². The fourth-order valence-corrected chi connectivity index (χ4v) is 0.764. The first-order valence-corrected chi connectivity index (χ1v) is 3.30. The molecule has 3 heteroatoms. The molecule has 1 rings (SSSR count). The van der Waals surface area contributed by atoms with Gasteiger partial charge < -0.3 is 5.11 Å². The van der Waals surface area contributed by atoms with Crippen molar-refractivity contribution in [3.63, 3.8) is 0 Å². The van der Waals surface area contributed by atoms with E-state index in [4.69, 9.17) is 5.26 Å². The highest BCUT2D eigenvalue weighted by Gasteiger charge is 2.05. The summed E-state index contributed by atoms with van der Waals surface area (Å²) in [5.74, 6) is 0. The molecule has 1 heterocycles. The zero-order valence-electron chi connectivity index (χ0n) is 5.94. The predicted octanol–water partition coefficient (Wildman–Crippen LogP) is 1.03. The summed E-state index contributed by atoms with van der Waals surface area (Å²) in [6, 6.07) is 7.12. The second-order valence-electron chi connectivity index (χ2n) is 2.13. The topological polar surface area (TPSA) is 56.9 Å². The van der Waals surface area contributed by atoms with Crippen LogP contribution in [-0.4, -0.2) is 10.1 Å². The monoisotopic (exact) mass is 148 g/mol. The minimum atomic E-state index is -0.749. The average Bonchev–Trinajstić information content (AvgIpc) is 2.07. The Morgan fingerprint density at radius 3 is 3.00 bits per heavy atom. The van der Waals surface area contributed by atoms with Crippen LogP contribution in [0.15, 0.2) is 24.4 Å². The van der Waals surface area contributed by atoms with E-state index in [1.165, 1.54) is 0 Å². The van der Waals surface area contributed by atoms with Crippen molar-refractivity contribution in [1.82, 2.24) is 4.98 Å². The van der Waals surface area contributed by atoms with Crippen LogP contribution in [0.4, 0.5) is 0 Å². The van der Waals surface area contributed by atoms with Gasteiger partial charge in [-0.25, -0.2) is 0 Å². The maximum atomic E-state index is 9.24. The van der Waals surface area contributed by atoms with Crippen molar-refractivity contribution in [2.24, 2.45) is 0 Å².